The zero-order valence-electron chi connectivity index (χ0n) is 10.1. The molecule has 0 aromatic heterocycles. The molecular weight excluding hydrogens is 253 g/mol. The zero-order valence-corrected chi connectivity index (χ0v) is 10.1. The molecule has 0 saturated carbocycles. The highest BCUT2D eigenvalue weighted by Gasteiger charge is 2.38. The van der Waals surface area contributed by atoms with Gasteiger partial charge in [0.05, 0.1) is 17.8 Å². The Morgan fingerprint density at radius 3 is 2.63 bits per heavy atom. The molecule has 0 bridgehead atoms. The third-order valence-corrected chi connectivity index (χ3v) is 2.81. The van der Waals surface area contributed by atoms with Crippen molar-refractivity contribution in [2.45, 2.75) is 6.92 Å². The highest BCUT2D eigenvalue weighted by atomic mass is 19.1. The first-order valence-corrected chi connectivity index (χ1v) is 5.40. The van der Waals surface area contributed by atoms with Crippen LogP contribution in [0.2, 0.25) is 0 Å². The van der Waals surface area contributed by atoms with Crippen LogP contribution >= 0.6 is 0 Å². The van der Waals surface area contributed by atoms with Crippen LogP contribution in [-0.4, -0.2) is 29.3 Å². The topological polar surface area (TPSA) is 74.7 Å². The molecule has 0 radical (unpaired) electrons. The Morgan fingerprint density at radius 2 is 2.05 bits per heavy atom. The normalized spacial score (nSPS) is 13.7. The van der Waals surface area contributed by atoms with Crippen LogP contribution in [0.4, 0.5) is 10.1 Å². The number of fused-ring (bicyclic) bond motifs is 1. The Morgan fingerprint density at radius 1 is 1.42 bits per heavy atom. The first-order chi connectivity index (χ1) is 8.82. The van der Waals surface area contributed by atoms with Crippen molar-refractivity contribution < 1.29 is 23.9 Å². The van der Waals surface area contributed by atoms with Crippen LogP contribution < -0.4 is 4.90 Å². The number of anilines is 1. The van der Waals surface area contributed by atoms with Crippen LogP contribution in [0.15, 0.2) is 24.3 Å². The second kappa shape index (κ2) is 4.31. The van der Waals surface area contributed by atoms with Crippen molar-refractivity contribution in [1.82, 2.24) is 0 Å². The van der Waals surface area contributed by atoms with Crippen molar-refractivity contribution in [3.8, 4) is 0 Å². The molecule has 1 aliphatic heterocycles. The quantitative estimate of drug-likeness (QED) is 0.659. The van der Waals surface area contributed by atoms with Crippen molar-refractivity contribution in [3.05, 3.63) is 41.2 Å². The van der Waals surface area contributed by atoms with Crippen LogP contribution in [0.3, 0.4) is 0 Å². The maximum absolute atomic E-state index is 13.9. The lowest BCUT2D eigenvalue weighted by molar-refractivity contribution is -0.132. The van der Waals surface area contributed by atoms with Crippen LogP contribution in [0.1, 0.15) is 15.9 Å². The first-order valence-electron chi connectivity index (χ1n) is 5.40. The van der Waals surface area contributed by atoms with Gasteiger partial charge in [-0.3, -0.25) is 14.5 Å². The number of hydrogen-bond acceptors (Lipinski definition) is 3. The third kappa shape index (κ3) is 2.01. The van der Waals surface area contributed by atoms with Gasteiger partial charge in [0.15, 0.2) is 0 Å². The molecule has 0 aliphatic carbocycles. The minimum Gasteiger partial charge on any atom is -0.478 e. The lowest BCUT2D eigenvalue weighted by Gasteiger charge is -2.17. The molecule has 19 heavy (non-hydrogen) atoms. The van der Waals surface area contributed by atoms with Gasteiger partial charge in [0.2, 0.25) is 0 Å². The smallest absolute Gasteiger partial charge is 0.332 e. The molecule has 0 fully saturated rings. The van der Waals surface area contributed by atoms with E-state index in [0.29, 0.717) is 5.56 Å². The average molecular weight is 263 g/mol. The SMILES string of the molecule is C=C(CN1C(=O)C(=O)c2cc(C)cc(F)c21)C(=O)O. The Bertz CT molecular complexity index is 636. The van der Waals surface area contributed by atoms with Crippen LogP contribution in [0.5, 0.6) is 0 Å². The maximum atomic E-state index is 13.9. The number of nitrogens with zero attached hydrogens (tertiary/aromatic N) is 1. The summed E-state index contributed by atoms with van der Waals surface area (Å²) in [5.74, 6) is -3.81. The first kappa shape index (κ1) is 12.9. The van der Waals surface area contributed by atoms with Gasteiger partial charge < -0.3 is 5.11 Å². The number of benzene rings is 1. The number of Topliss-reactive ketones (excluding diaryl/α,β-unsaturated/α-hetero) is 1. The molecule has 1 aromatic rings. The van der Waals surface area contributed by atoms with Crippen molar-refractivity contribution >= 4 is 23.3 Å². The van der Waals surface area contributed by atoms with Gasteiger partial charge in [-0.25, -0.2) is 9.18 Å². The number of hydrogen-bond donors (Lipinski definition) is 1. The molecule has 1 aromatic carbocycles. The molecule has 0 atom stereocenters. The maximum Gasteiger partial charge on any atom is 0.332 e. The Kier molecular flexibility index (Phi) is 2.94. The summed E-state index contributed by atoms with van der Waals surface area (Å²) in [7, 11) is 0. The number of carbonyl (C=O) groups is 3. The monoisotopic (exact) mass is 263 g/mol. The number of carboxylic acid groups (broad SMARTS) is 1. The predicted octanol–water partition coefficient (Wildman–Crippen LogP) is 1.30. The molecule has 0 saturated heterocycles. The highest BCUT2D eigenvalue weighted by molar-refractivity contribution is 6.52. The standard InChI is InChI=1S/C13H10FNO4/c1-6-3-8-10(9(14)4-6)15(12(17)11(8)16)5-7(2)13(18)19/h3-4H,2,5H2,1H3,(H,18,19). The van der Waals surface area contributed by atoms with E-state index >= 15 is 0 Å². The van der Waals surface area contributed by atoms with Crippen molar-refractivity contribution in [2.24, 2.45) is 0 Å². The summed E-state index contributed by atoms with van der Waals surface area (Å²) in [4.78, 5) is 35.0. The van der Waals surface area contributed by atoms with Gasteiger partial charge in [-0.15, -0.1) is 0 Å². The summed E-state index contributed by atoms with van der Waals surface area (Å²) in [5.41, 5.74) is -0.00558. The molecule has 1 heterocycles. The summed E-state index contributed by atoms with van der Waals surface area (Å²) in [5, 5.41) is 8.74. The number of ketones is 1. The second-order valence-corrected chi connectivity index (χ2v) is 4.27. The van der Waals surface area contributed by atoms with E-state index in [2.05, 4.69) is 6.58 Å². The number of amides is 1. The van der Waals surface area contributed by atoms with Gasteiger partial charge in [-0.1, -0.05) is 6.58 Å². The summed E-state index contributed by atoms with van der Waals surface area (Å²) in [6.45, 7) is 4.44. The fraction of sp³-hybridized carbons (Fsp3) is 0.154. The van der Waals surface area contributed by atoms with Crippen molar-refractivity contribution in [3.63, 3.8) is 0 Å². The predicted molar refractivity (Wildman–Crippen MR) is 64.6 cm³/mol. The Labute approximate surface area is 107 Å². The van der Waals surface area contributed by atoms with Gasteiger partial charge in [0.25, 0.3) is 11.7 Å². The largest absolute Gasteiger partial charge is 0.478 e. The van der Waals surface area contributed by atoms with E-state index in [1.165, 1.54) is 12.1 Å². The van der Waals surface area contributed by atoms with E-state index in [1.807, 2.05) is 0 Å². The van der Waals surface area contributed by atoms with Gasteiger partial charge in [0, 0.05) is 5.57 Å². The van der Waals surface area contributed by atoms with E-state index in [4.69, 9.17) is 5.11 Å². The molecular formula is C13H10FNO4. The molecule has 1 N–H and O–H groups in total. The molecule has 0 unspecified atom stereocenters. The molecule has 1 amide bonds. The lowest BCUT2D eigenvalue weighted by Crippen LogP contribution is -2.33. The summed E-state index contributed by atoms with van der Waals surface area (Å²) < 4.78 is 13.9. The molecule has 98 valence electrons. The highest BCUT2D eigenvalue weighted by Crippen LogP contribution is 2.33. The van der Waals surface area contributed by atoms with E-state index in [-0.39, 0.29) is 16.8 Å². The fourth-order valence-corrected chi connectivity index (χ4v) is 1.93. The average Bonchev–Trinajstić information content (AvgIpc) is 2.54. The number of carboxylic acids is 1. The van der Waals surface area contributed by atoms with Gasteiger partial charge in [-0.05, 0) is 24.6 Å². The molecule has 2 rings (SSSR count). The zero-order chi connectivity index (χ0) is 14.3. The van der Waals surface area contributed by atoms with Crippen LogP contribution in [0.25, 0.3) is 0 Å². The summed E-state index contributed by atoms with van der Waals surface area (Å²) in [6, 6.07) is 2.59. The molecule has 6 heteroatoms. The second-order valence-electron chi connectivity index (χ2n) is 4.27. The number of halogens is 1. The molecule has 0 spiro atoms. The van der Waals surface area contributed by atoms with Crippen molar-refractivity contribution in [2.75, 3.05) is 11.4 Å². The van der Waals surface area contributed by atoms with Crippen LogP contribution in [-0.2, 0) is 9.59 Å². The Balaban J connectivity index is 2.50. The number of rotatable bonds is 3. The molecule has 5 nitrogen and oxygen atoms in total. The fourth-order valence-electron chi connectivity index (χ4n) is 1.93. The number of carbonyl (C=O) groups excluding carboxylic acids is 2. The molecule has 1 aliphatic rings. The van der Waals surface area contributed by atoms with Gasteiger partial charge in [-0.2, -0.15) is 0 Å². The van der Waals surface area contributed by atoms with E-state index < -0.39 is 30.0 Å². The number of aryl methyl sites for hydroxylation is 1. The lowest BCUT2D eigenvalue weighted by atomic mass is 10.1. The third-order valence-electron chi connectivity index (χ3n) is 2.81. The Hall–Kier alpha value is -2.50. The minimum absolute atomic E-state index is 0.0410. The van der Waals surface area contributed by atoms with Gasteiger partial charge in [0.1, 0.15) is 5.82 Å². The van der Waals surface area contributed by atoms with Crippen molar-refractivity contribution in [1.29, 1.82) is 0 Å². The summed E-state index contributed by atoms with van der Waals surface area (Å²) in [6.07, 6.45) is 0. The van der Waals surface area contributed by atoms with Crippen LogP contribution in [0, 0.1) is 12.7 Å². The van der Waals surface area contributed by atoms with Gasteiger partial charge >= 0.3 is 5.97 Å². The van der Waals surface area contributed by atoms with E-state index in [9.17, 15) is 18.8 Å². The summed E-state index contributed by atoms with van der Waals surface area (Å²) >= 11 is 0. The van der Waals surface area contributed by atoms with E-state index in [0.717, 1.165) is 4.90 Å². The van der Waals surface area contributed by atoms with E-state index in [1.54, 1.807) is 6.92 Å². The minimum atomic E-state index is -1.30. The number of aliphatic carboxylic acids is 1.